The monoisotopic (exact) mass is 288 g/mol. The van der Waals surface area contributed by atoms with Gasteiger partial charge in [0, 0.05) is 5.56 Å². The molecule has 0 aliphatic heterocycles. The van der Waals surface area contributed by atoms with Crippen LogP contribution in [0.3, 0.4) is 0 Å². The molecule has 0 fully saturated rings. The van der Waals surface area contributed by atoms with Crippen LogP contribution in [-0.4, -0.2) is 4.98 Å². The minimum Gasteiger partial charge on any atom is -0.382 e. The Bertz CT molecular complexity index is 769. The summed E-state index contributed by atoms with van der Waals surface area (Å²) in [7, 11) is 0. The van der Waals surface area contributed by atoms with E-state index >= 15 is 0 Å². The van der Waals surface area contributed by atoms with Crippen LogP contribution in [0.1, 0.15) is 0 Å². The number of benzene rings is 2. The Balaban J connectivity index is 2.21. The first-order valence-electron chi connectivity index (χ1n) is 5.76. The van der Waals surface area contributed by atoms with Crippen LogP contribution in [0.15, 0.2) is 48.5 Å². The molecule has 2 N–H and O–H groups in total. The number of hydrogen-bond donors (Lipinski definition) is 1. The van der Waals surface area contributed by atoms with E-state index in [9.17, 15) is 0 Å². The number of rotatable bonds is 1. The summed E-state index contributed by atoms with van der Waals surface area (Å²) < 4.78 is 0. The van der Waals surface area contributed by atoms with Gasteiger partial charge in [-0.1, -0.05) is 59.6 Å². The zero-order valence-corrected chi connectivity index (χ0v) is 11.4. The molecule has 94 valence electrons. The van der Waals surface area contributed by atoms with Crippen molar-refractivity contribution in [2.24, 2.45) is 0 Å². The third-order valence-electron chi connectivity index (χ3n) is 2.98. The highest BCUT2D eigenvalue weighted by atomic mass is 35.5. The van der Waals surface area contributed by atoms with Crippen molar-refractivity contribution in [3.05, 3.63) is 58.6 Å². The van der Waals surface area contributed by atoms with E-state index in [1.165, 1.54) is 5.39 Å². The average molecular weight is 289 g/mol. The molecule has 0 radical (unpaired) electrons. The van der Waals surface area contributed by atoms with Crippen molar-refractivity contribution in [1.29, 1.82) is 0 Å². The summed E-state index contributed by atoms with van der Waals surface area (Å²) in [5.41, 5.74) is 7.31. The summed E-state index contributed by atoms with van der Waals surface area (Å²) in [6.45, 7) is 0. The van der Waals surface area contributed by atoms with Crippen molar-refractivity contribution in [2.75, 3.05) is 5.73 Å². The number of nitrogens with zero attached hydrogens (tertiary/aromatic N) is 1. The van der Waals surface area contributed by atoms with Gasteiger partial charge in [0.15, 0.2) is 0 Å². The van der Waals surface area contributed by atoms with E-state index < -0.39 is 0 Å². The van der Waals surface area contributed by atoms with E-state index in [1.54, 1.807) is 6.07 Å². The molecule has 0 aliphatic rings. The van der Waals surface area contributed by atoms with Crippen LogP contribution in [0, 0.1) is 0 Å². The maximum Gasteiger partial charge on any atom is 0.143 e. The highest BCUT2D eigenvalue weighted by molar-refractivity contribution is 6.37. The lowest BCUT2D eigenvalue weighted by atomic mass is 10.0. The fraction of sp³-hybridized carbons (Fsp3) is 0. The van der Waals surface area contributed by atoms with Crippen LogP contribution in [0.4, 0.5) is 5.82 Å². The Morgan fingerprint density at radius 3 is 2.37 bits per heavy atom. The highest BCUT2D eigenvalue weighted by Gasteiger charge is 2.09. The highest BCUT2D eigenvalue weighted by Crippen LogP contribution is 2.32. The van der Waals surface area contributed by atoms with Gasteiger partial charge in [0.1, 0.15) is 5.82 Å². The molecule has 0 bridgehead atoms. The second-order valence-electron chi connectivity index (χ2n) is 4.25. The molecule has 4 heteroatoms. The second-order valence-corrected chi connectivity index (χ2v) is 5.06. The molecule has 0 saturated carbocycles. The first kappa shape index (κ1) is 12.3. The molecule has 1 heterocycles. The molecule has 3 rings (SSSR count). The fourth-order valence-electron chi connectivity index (χ4n) is 2.02. The van der Waals surface area contributed by atoms with Crippen LogP contribution in [0.25, 0.3) is 22.0 Å². The first-order chi connectivity index (χ1) is 9.15. The third kappa shape index (κ3) is 2.25. The molecular weight excluding hydrogens is 279 g/mol. The van der Waals surface area contributed by atoms with Crippen molar-refractivity contribution in [3.8, 4) is 11.3 Å². The Labute approximate surface area is 120 Å². The number of anilines is 1. The molecule has 0 spiro atoms. The maximum absolute atomic E-state index is 6.18. The van der Waals surface area contributed by atoms with E-state index in [2.05, 4.69) is 11.1 Å². The average Bonchev–Trinajstić information content (AvgIpc) is 2.42. The standard InChI is InChI=1S/C15H10Cl2N2/c16-12-8-13(17)15(18)19-14(12)11-6-5-9-3-1-2-4-10(9)7-11/h1-8H,(H2,18,19). The van der Waals surface area contributed by atoms with Crippen molar-refractivity contribution < 1.29 is 0 Å². The topological polar surface area (TPSA) is 38.9 Å². The predicted molar refractivity (Wildman–Crippen MR) is 81.6 cm³/mol. The summed E-state index contributed by atoms with van der Waals surface area (Å²) in [4.78, 5) is 4.26. The van der Waals surface area contributed by atoms with Gasteiger partial charge in [-0.3, -0.25) is 0 Å². The van der Waals surface area contributed by atoms with E-state index in [0.717, 1.165) is 10.9 Å². The zero-order chi connectivity index (χ0) is 13.4. The van der Waals surface area contributed by atoms with Crippen LogP contribution in [0.2, 0.25) is 10.0 Å². The summed E-state index contributed by atoms with van der Waals surface area (Å²) in [5, 5.41) is 3.17. The van der Waals surface area contributed by atoms with Gasteiger partial charge in [-0.2, -0.15) is 0 Å². The predicted octanol–water partition coefficient (Wildman–Crippen LogP) is 4.79. The molecule has 0 unspecified atom stereocenters. The molecule has 0 aliphatic carbocycles. The van der Waals surface area contributed by atoms with Crippen molar-refractivity contribution in [2.45, 2.75) is 0 Å². The minimum absolute atomic E-state index is 0.286. The van der Waals surface area contributed by atoms with E-state index in [-0.39, 0.29) is 5.82 Å². The SMILES string of the molecule is Nc1nc(-c2ccc3ccccc3c2)c(Cl)cc1Cl. The van der Waals surface area contributed by atoms with Crippen molar-refractivity contribution >= 4 is 39.8 Å². The van der Waals surface area contributed by atoms with Gasteiger partial charge in [0.25, 0.3) is 0 Å². The third-order valence-corrected chi connectivity index (χ3v) is 3.57. The van der Waals surface area contributed by atoms with Crippen LogP contribution < -0.4 is 5.73 Å². The van der Waals surface area contributed by atoms with Crippen LogP contribution in [-0.2, 0) is 0 Å². The van der Waals surface area contributed by atoms with E-state index in [1.807, 2.05) is 36.4 Å². The quantitative estimate of drug-likeness (QED) is 0.699. The minimum atomic E-state index is 0.286. The van der Waals surface area contributed by atoms with Gasteiger partial charge in [-0.15, -0.1) is 0 Å². The number of aromatic nitrogens is 1. The molecule has 1 aromatic heterocycles. The summed E-state index contributed by atoms with van der Waals surface area (Å²) >= 11 is 12.1. The van der Waals surface area contributed by atoms with Gasteiger partial charge >= 0.3 is 0 Å². The number of halogens is 2. The Morgan fingerprint density at radius 2 is 1.58 bits per heavy atom. The number of pyridine rings is 1. The Kier molecular flexibility index (Phi) is 3.05. The molecule has 0 amide bonds. The molecule has 3 aromatic rings. The Hall–Kier alpha value is -1.77. The lowest BCUT2D eigenvalue weighted by Crippen LogP contribution is -1.94. The first-order valence-corrected chi connectivity index (χ1v) is 6.51. The molecular formula is C15H10Cl2N2. The molecule has 0 atom stereocenters. The summed E-state index contributed by atoms with van der Waals surface area (Å²) in [6, 6.07) is 15.8. The van der Waals surface area contributed by atoms with Gasteiger partial charge in [0.05, 0.1) is 15.7 Å². The molecule has 0 saturated heterocycles. The number of fused-ring (bicyclic) bond motifs is 1. The van der Waals surface area contributed by atoms with Gasteiger partial charge in [0.2, 0.25) is 0 Å². The number of nitrogens with two attached hydrogens (primary N) is 1. The molecule has 19 heavy (non-hydrogen) atoms. The smallest absolute Gasteiger partial charge is 0.143 e. The number of nitrogen functional groups attached to an aromatic ring is 1. The zero-order valence-electron chi connectivity index (χ0n) is 9.90. The van der Waals surface area contributed by atoms with E-state index in [4.69, 9.17) is 28.9 Å². The van der Waals surface area contributed by atoms with Crippen LogP contribution >= 0.6 is 23.2 Å². The lowest BCUT2D eigenvalue weighted by molar-refractivity contribution is 1.34. The summed E-state index contributed by atoms with van der Waals surface area (Å²) in [5.74, 6) is 0.286. The van der Waals surface area contributed by atoms with Gasteiger partial charge in [-0.25, -0.2) is 4.98 Å². The molecule has 2 aromatic carbocycles. The number of hydrogen-bond acceptors (Lipinski definition) is 2. The van der Waals surface area contributed by atoms with E-state index in [0.29, 0.717) is 15.7 Å². The van der Waals surface area contributed by atoms with Crippen LogP contribution in [0.5, 0.6) is 0 Å². The van der Waals surface area contributed by atoms with Gasteiger partial charge < -0.3 is 5.73 Å². The van der Waals surface area contributed by atoms with Crippen molar-refractivity contribution in [3.63, 3.8) is 0 Å². The maximum atomic E-state index is 6.18. The largest absolute Gasteiger partial charge is 0.382 e. The summed E-state index contributed by atoms with van der Waals surface area (Å²) in [6.07, 6.45) is 0. The lowest BCUT2D eigenvalue weighted by Gasteiger charge is -2.07. The fourth-order valence-corrected chi connectivity index (χ4v) is 2.49. The van der Waals surface area contributed by atoms with Gasteiger partial charge in [-0.05, 0) is 22.9 Å². The van der Waals surface area contributed by atoms with Crippen molar-refractivity contribution in [1.82, 2.24) is 4.98 Å². The molecule has 2 nitrogen and oxygen atoms in total. The second kappa shape index (κ2) is 4.72. The Morgan fingerprint density at radius 1 is 0.842 bits per heavy atom. The normalized spacial score (nSPS) is 10.8.